The monoisotopic (exact) mass is 156 g/mol. The van der Waals surface area contributed by atoms with E-state index in [2.05, 4.69) is 4.98 Å². The van der Waals surface area contributed by atoms with Crippen molar-refractivity contribution >= 4 is 0 Å². The standard InChI is InChI=1S/C8H13FN2/c1-4-8-10-6(2)5-11(8)7(3)9/h5,7H,4H2,1-3H3. The molecule has 0 N–H and O–H groups in total. The lowest BCUT2D eigenvalue weighted by atomic mass is 10.4. The number of imidazole rings is 1. The third kappa shape index (κ3) is 1.59. The Bertz CT molecular complexity index is 240. The van der Waals surface area contributed by atoms with Gasteiger partial charge in [-0.25, -0.2) is 9.37 Å². The van der Waals surface area contributed by atoms with Crippen LogP contribution in [0.2, 0.25) is 0 Å². The number of alkyl halides is 1. The molecule has 0 amide bonds. The molecule has 62 valence electrons. The van der Waals surface area contributed by atoms with Crippen molar-refractivity contribution in [1.29, 1.82) is 0 Å². The number of rotatable bonds is 2. The van der Waals surface area contributed by atoms with E-state index in [0.29, 0.717) is 0 Å². The minimum absolute atomic E-state index is 0.780. The van der Waals surface area contributed by atoms with Gasteiger partial charge in [0.2, 0.25) is 0 Å². The van der Waals surface area contributed by atoms with E-state index >= 15 is 0 Å². The van der Waals surface area contributed by atoms with Crippen LogP contribution in [0.4, 0.5) is 4.39 Å². The first-order valence-electron chi connectivity index (χ1n) is 3.83. The minimum Gasteiger partial charge on any atom is -0.304 e. The van der Waals surface area contributed by atoms with Crippen LogP contribution in [0.3, 0.4) is 0 Å². The zero-order valence-corrected chi connectivity index (χ0v) is 7.13. The van der Waals surface area contributed by atoms with Gasteiger partial charge in [0.25, 0.3) is 0 Å². The lowest BCUT2D eigenvalue weighted by molar-refractivity contribution is 0.261. The molecule has 1 heterocycles. The van der Waals surface area contributed by atoms with Gasteiger partial charge in [0.05, 0.1) is 5.69 Å². The molecule has 0 aromatic carbocycles. The molecule has 0 aliphatic heterocycles. The van der Waals surface area contributed by atoms with E-state index in [1.807, 2.05) is 13.8 Å². The fourth-order valence-corrected chi connectivity index (χ4v) is 1.14. The number of aryl methyl sites for hydroxylation is 2. The van der Waals surface area contributed by atoms with E-state index in [0.717, 1.165) is 17.9 Å². The Morgan fingerprint density at radius 2 is 2.36 bits per heavy atom. The van der Waals surface area contributed by atoms with Crippen molar-refractivity contribution in [2.45, 2.75) is 33.5 Å². The maximum atomic E-state index is 12.8. The SMILES string of the molecule is CCc1nc(C)cn1C(C)F. The van der Waals surface area contributed by atoms with Gasteiger partial charge in [-0.05, 0) is 13.8 Å². The van der Waals surface area contributed by atoms with Crippen LogP contribution in [0.1, 0.15) is 31.7 Å². The number of nitrogens with zero attached hydrogens (tertiary/aromatic N) is 2. The fourth-order valence-electron chi connectivity index (χ4n) is 1.14. The van der Waals surface area contributed by atoms with Crippen LogP contribution in [-0.2, 0) is 6.42 Å². The normalized spacial score (nSPS) is 13.5. The molecule has 0 saturated carbocycles. The van der Waals surface area contributed by atoms with Crippen LogP contribution in [0, 0.1) is 6.92 Å². The molecular weight excluding hydrogens is 143 g/mol. The summed E-state index contributed by atoms with van der Waals surface area (Å²) < 4.78 is 14.4. The molecule has 1 rings (SSSR count). The summed E-state index contributed by atoms with van der Waals surface area (Å²) in [5.74, 6) is 0.817. The molecular formula is C8H13FN2. The topological polar surface area (TPSA) is 17.8 Å². The molecule has 2 nitrogen and oxygen atoms in total. The summed E-state index contributed by atoms with van der Waals surface area (Å²) in [5.41, 5.74) is 0.881. The Morgan fingerprint density at radius 1 is 1.73 bits per heavy atom. The average molecular weight is 156 g/mol. The number of halogens is 1. The molecule has 3 heteroatoms. The molecule has 0 spiro atoms. The zero-order valence-electron chi connectivity index (χ0n) is 7.13. The molecule has 0 fully saturated rings. The highest BCUT2D eigenvalue weighted by Gasteiger charge is 2.07. The summed E-state index contributed by atoms with van der Waals surface area (Å²) in [4.78, 5) is 4.17. The van der Waals surface area contributed by atoms with Gasteiger partial charge in [0.1, 0.15) is 5.82 Å². The molecule has 0 bridgehead atoms. The molecule has 1 atom stereocenters. The van der Waals surface area contributed by atoms with Crippen LogP contribution in [0.5, 0.6) is 0 Å². The summed E-state index contributed by atoms with van der Waals surface area (Å²) >= 11 is 0. The van der Waals surface area contributed by atoms with Gasteiger partial charge in [-0.3, -0.25) is 0 Å². The Balaban J connectivity index is 3.02. The van der Waals surface area contributed by atoms with Crippen molar-refractivity contribution in [2.24, 2.45) is 0 Å². The second-order valence-electron chi connectivity index (χ2n) is 2.63. The van der Waals surface area contributed by atoms with E-state index in [-0.39, 0.29) is 0 Å². The fraction of sp³-hybridized carbons (Fsp3) is 0.625. The van der Waals surface area contributed by atoms with Crippen LogP contribution < -0.4 is 0 Å². The van der Waals surface area contributed by atoms with Crippen LogP contribution in [-0.4, -0.2) is 9.55 Å². The molecule has 11 heavy (non-hydrogen) atoms. The van der Waals surface area contributed by atoms with Gasteiger partial charge in [0, 0.05) is 12.6 Å². The number of aromatic nitrogens is 2. The van der Waals surface area contributed by atoms with Gasteiger partial charge in [-0.1, -0.05) is 6.92 Å². The molecule has 0 aliphatic rings. The van der Waals surface area contributed by atoms with Crippen LogP contribution in [0.25, 0.3) is 0 Å². The highest BCUT2D eigenvalue weighted by Crippen LogP contribution is 2.12. The lowest BCUT2D eigenvalue weighted by Gasteiger charge is -2.05. The maximum Gasteiger partial charge on any atom is 0.174 e. The molecule has 1 aromatic heterocycles. The summed E-state index contributed by atoms with van der Waals surface area (Å²) in [7, 11) is 0. The third-order valence-electron chi connectivity index (χ3n) is 1.63. The zero-order chi connectivity index (χ0) is 8.43. The third-order valence-corrected chi connectivity index (χ3v) is 1.63. The predicted octanol–water partition coefficient (Wildman–Crippen LogP) is 2.24. The van der Waals surface area contributed by atoms with Crippen molar-refractivity contribution in [3.05, 3.63) is 17.7 Å². The van der Waals surface area contributed by atoms with Gasteiger partial charge in [0.15, 0.2) is 6.30 Å². The van der Waals surface area contributed by atoms with Crippen molar-refractivity contribution in [1.82, 2.24) is 9.55 Å². The van der Waals surface area contributed by atoms with E-state index in [4.69, 9.17) is 0 Å². The predicted molar refractivity (Wildman–Crippen MR) is 42.2 cm³/mol. The Hall–Kier alpha value is -0.860. The number of hydrogen-bond acceptors (Lipinski definition) is 1. The van der Waals surface area contributed by atoms with Crippen molar-refractivity contribution in [3.63, 3.8) is 0 Å². The van der Waals surface area contributed by atoms with Crippen LogP contribution >= 0.6 is 0 Å². The summed E-state index contributed by atoms with van der Waals surface area (Å²) in [6.45, 7) is 5.36. The van der Waals surface area contributed by atoms with Gasteiger partial charge >= 0.3 is 0 Å². The Morgan fingerprint density at radius 3 is 2.73 bits per heavy atom. The van der Waals surface area contributed by atoms with E-state index in [1.54, 1.807) is 10.8 Å². The Kier molecular flexibility index (Phi) is 2.27. The smallest absolute Gasteiger partial charge is 0.174 e. The minimum atomic E-state index is -0.967. The second-order valence-corrected chi connectivity index (χ2v) is 2.63. The summed E-state index contributed by atoms with van der Waals surface area (Å²) in [6.07, 6.45) is 1.55. The molecule has 0 saturated heterocycles. The average Bonchev–Trinajstić information content (AvgIpc) is 2.30. The summed E-state index contributed by atoms with van der Waals surface area (Å²) in [5, 5.41) is 0. The molecule has 1 aromatic rings. The quantitative estimate of drug-likeness (QED) is 0.642. The van der Waals surface area contributed by atoms with Crippen molar-refractivity contribution in [2.75, 3.05) is 0 Å². The molecule has 1 unspecified atom stereocenters. The van der Waals surface area contributed by atoms with Crippen LogP contribution in [0.15, 0.2) is 6.20 Å². The Labute approximate surface area is 66.1 Å². The van der Waals surface area contributed by atoms with E-state index < -0.39 is 6.30 Å². The first kappa shape index (κ1) is 8.24. The molecule has 0 aliphatic carbocycles. The van der Waals surface area contributed by atoms with Crippen molar-refractivity contribution in [3.8, 4) is 0 Å². The highest BCUT2D eigenvalue weighted by atomic mass is 19.1. The largest absolute Gasteiger partial charge is 0.304 e. The van der Waals surface area contributed by atoms with E-state index in [9.17, 15) is 4.39 Å². The lowest BCUT2D eigenvalue weighted by Crippen LogP contribution is -2.02. The first-order chi connectivity index (χ1) is 5.15. The van der Waals surface area contributed by atoms with Gasteiger partial charge < -0.3 is 4.57 Å². The maximum absolute atomic E-state index is 12.8. The van der Waals surface area contributed by atoms with Gasteiger partial charge in [-0.2, -0.15) is 0 Å². The highest BCUT2D eigenvalue weighted by molar-refractivity contribution is 5.02. The second kappa shape index (κ2) is 3.03. The first-order valence-corrected chi connectivity index (χ1v) is 3.83. The van der Waals surface area contributed by atoms with Gasteiger partial charge in [-0.15, -0.1) is 0 Å². The van der Waals surface area contributed by atoms with Crippen molar-refractivity contribution < 1.29 is 4.39 Å². The number of hydrogen-bond donors (Lipinski definition) is 0. The summed E-state index contributed by atoms with van der Waals surface area (Å²) in [6, 6.07) is 0. The molecule has 0 radical (unpaired) electrons. The van der Waals surface area contributed by atoms with E-state index in [1.165, 1.54) is 6.92 Å².